The summed E-state index contributed by atoms with van der Waals surface area (Å²) >= 11 is 0. The minimum absolute atomic E-state index is 0. The number of fused-ring (bicyclic) bond motifs is 1. The van der Waals surface area contributed by atoms with Crippen LogP contribution in [0, 0.1) is 6.92 Å². The highest BCUT2D eigenvalue weighted by Gasteiger charge is 2.11. The molecule has 24 heavy (non-hydrogen) atoms. The molecule has 1 aromatic heterocycles. The number of nitrogens with zero attached hydrogens (tertiary/aromatic N) is 1. The molecule has 0 bridgehead atoms. The summed E-state index contributed by atoms with van der Waals surface area (Å²) < 4.78 is 2.30. The highest BCUT2D eigenvalue weighted by atomic mass is 35.5. The monoisotopic (exact) mass is 342 g/mol. The molecule has 0 fully saturated rings. The molecule has 0 aliphatic heterocycles. The predicted octanol–water partition coefficient (Wildman–Crippen LogP) is 4.67. The lowest BCUT2D eigenvalue weighted by Gasteiger charge is -2.14. The molecule has 0 amide bonds. The van der Waals surface area contributed by atoms with Crippen molar-refractivity contribution < 1.29 is 0 Å². The molecule has 0 saturated heterocycles. The fraction of sp³-hybridized carbons (Fsp3) is 0.333. The van der Waals surface area contributed by atoms with Crippen LogP contribution in [0.25, 0.3) is 10.9 Å². The quantitative estimate of drug-likeness (QED) is 0.688. The second-order valence-corrected chi connectivity index (χ2v) is 6.44. The Morgan fingerprint density at radius 2 is 1.67 bits per heavy atom. The van der Waals surface area contributed by atoms with Crippen LogP contribution in [0.5, 0.6) is 0 Å². The third kappa shape index (κ3) is 4.00. The molecular formula is C21H27ClN2. The van der Waals surface area contributed by atoms with E-state index in [1.807, 2.05) is 0 Å². The Bertz CT molecular complexity index is 777. The van der Waals surface area contributed by atoms with Crippen LogP contribution in [0.15, 0.2) is 54.6 Å². The topological polar surface area (TPSA) is 17.0 Å². The molecule has 0 spiro atoms. The van der Waals surface area contributed by atoms with Crippen LogP contribution in [0.3, 0.4) is 0 Å². The maximum absolute atomic E-state index is 3.67. The van der Waals surface area contributed by atoms with Gasteiger partial charge in [-0.05, 0) is 50.4 Å². The highest BCUT2D eigenvalue weighted by Crippen LogP contribution is 2.24. The van der Waals surface area contributed by atoms with Gasteiger partial charge in [0.15, 0.2) is 0 Å². The standard InChI is InChI=1S/C21H26N2.ClH/c1-16(15-18-9-5-4-6-10-18)22-14-13-19-17(2)23(3)21-12-8-7-11-20(19)21;/h4-12,16,22H,13-15H2,1-3H3;1H. The summed E-state index contributed by atoms with van der Waals surface area (Å²) in [5.74, 6) is 0. The smallest absolute Gasteiger partial charge is 0.0482 e. The lowest BCUT2D eigenvalue weighted by atomic mass is 10.1. The summed E-state index contributed by atoms with van der Waals surface area (Å²) in [5, 5.41) is 5.07. The summed E-state index contributed by atoms with van der Waals surface area (Å²) in [7, 11) is 2.16. The van der Waals surface area contributed by atoms with Gasteiger partial charge in [-0.3, -0.25) is 0 Å². The minimum atomic E-state index is 0. The Morgan fingerprint density at radius 3 is 2.42 bits per heavy atom. The molecule has 1 heterocycles. The Labute approximate surface area is 151 Å². The molecule has 0 aliphatic rings. The largest absolute Gasteiger partial charge is 0.348 e. The molecular weight excluding hydrogens is 316 g/mol. The van der Waals surface area contributed by atoms with Gasteiger partial charge in [-0.1, -0.05) is 48.5 Å². The molecule has 1 unspecified atom stereocenters. The Hall–Kier alpha value is -1.77. The van der Waals surface area contributed by atoms with Crippen LogP contribution >= 0.6 is 12.4 Å². The molecule has 0 saturated carbocycles. The van der Waals surface area contributed by atoms with Crippen LogP contribution in [0.4, 0.5) is 0 Å². The van der Waals surface area contributed by atoms with E-state index in [1.165, 1.54) is 27.7 Å². The summed E-state index contributed by atoms with van der Waals surface area (Å²) in [4.78, 5) is 0. The number of nitrogens with one attached hydrogen (secondary N) is 1. The molecule has 2 aromatic carbocycles. The maximum Gasteiger partial charge on any atom is 0.0482 e. The van der Waals surface area contributed by atoms with Crippen LogP contribution in [-0.4, -0.2) is 17.2 Å². The molecule has 128 valence electrons. The zero-order valence-corrected chi connectivity index (χ0v) is 15.6. The van der Waals surface area contributed by atoms with Gasteiger partial charge >= 0.3 is 0 Å². The first-order chi connectivity index (χ1) is 11.2. The first-order valence-electron chi connectivity index (χ1n) is 8.47. The Kier molecular flexibility index (Phi) is 6.47. The van der Waals surface area contributed by atoms with Crippen molar-refractivity contribution >= 4 is 23.3 Å². The van der Waals surface area contributed by atoms with Crippen molar-refractivity contribution in [1.82, 2.24) is 9.88 Å². The van der Waals surface area contributed by atoms with Crippen molar-refractivity contribution in [2.75, 3.05) is 6.54 Å². The third-order valence-electron chi connectivity index (χ3n) is 4.78. The molecule has 0 aliphatic carbocycles. The highest BCUT2D eigenvalue weighted by molar-refractivity contribution is 5.85. The number of para-hydroxylation sites is 1. The lowest BCUT2D eigenvalue weighted by molar-refractivity contribution is 0.548. The van der Waals surface area contributed by atoms with E-state index >= 15 is 0 Å². The summed E-state index contributed by atoms with van der Waals surface area (Å²) in [6, 6.07) is 19.9. The summed E-state index contributed by atoms with van der Waals surface area (Å²) in [5.41, 5.74) is 5.58. The first kappa shape index (κ1) is 18.6. The molecule has 2 nitrogen and oxygen atoms in total. The van der Waals surface area contributed by atoms with Gasteiger partial charge in [0.1, 0.15) is 0 Å². The van der Waals surface area contributed by atoms with Crippen molar-refractivity contribution in [3.05, 3.63) is 71.4 Å². The number of rotatable bonds is 6. The van der Waals surface area contributed by atoms with E-state index in [2.05, 4.69) is 85.4 Å². The van der Waals surface area contributed by atoms with E-state index in [9.17, 15) is 0 Å². The summed E-state index contributed by atoms with van der Waals surface area (Å²) in [6.45, 7) is 5.51. The average molecular weight is 343 g/mol. The van der Waals surface area contributed by atoms with Crippen LogP contribution in [0.1, 0.15) is 23.7 Å². The number of aromatic nitrogens is 1. The molecule has 3 rings (SSSR count). The van der Waals surface area contributed by atoms with Gasteiger partial charge in [0, 0.05) is 29.7 Å². The van der Waals surface area contributed by atoms with Crippen molar-refractivity contribution in [3.63, 3.8) is 0 Å². The second-order valence-electron chi connectivity index (χ2n) is 6.44. The SMILES string of the molecule is Cc1c(CCNC(C)Cc2ccccc2)c2ccccc2n1C.Cl. The predicted molar refractivity (Wildman–Crippen MR) is 106 cm³/mol. The van der Waals surface area contributed by atoms with Crippen molar-refractivity contribution in [1.29, 1.82) is 0 Å². The van der Waals surface area contributed by atoms with E-state index in [4.69, 9.17) is 0 Å². The van der Waals surface area contributed by atoms with Gasteiger partial charge in [0.25, 0.3) is 0 Å². The Balaban J connectivity index is 0.00000208. The molecule has 0 radical (unpaired) electrons. The van der Waals surface area contributed by atoms with E-state index in [1.54, 1.807) is 0 Å². The number of hydrogen-bond donors (Lipinski definition) is 1. The number of hydrogen-bond acceptors (Lipinski definition) is 1. The van der Waals surface area contributed by atoms with Gasteiger partial charge in [0.2, 0.25) is 0 Å². The molecule has 1 N–H and O–H groups in total. The van der Waals surface area contributed by atoms with Gasteiger partial charge in [-0.25, -0.2) is 0 Å². The van der Waals surface area contributed by atoms with Gasteiger partial charge in [-0.15, -0.1) is 12.4 Å². The van der Waals surface area contributed by atoms with Crippen LogP contribution < -0.4 is 5.32 Å². The van der Waals surface area contributed by atoms with Gasteiger partial charge in [-0.2, -0.15) is 0 Å². The zero-order valence-electron chi connectivity index (χ0n) is 14.8. The van der Waals surface area contributed by atoms with E-state index in [-0.39, 0.29) is 12.4 Å². The Morgan fingerprint density at radius 1 is 1.00 bits per heavy atom. The number of aryl methyl sites for hydroxylation is 1. The van der Waals surface area contributed by atoms with Crippen molar-refractivity contribution in [2.24, 2.45) is 7.05 Å². The number of halogens is 1. The van der Waals surface area contributed by atoms with E-state index < -0.39 is 0 Å². The molecule has 1 atom stereocenters. The average Bonchev–Trinajstić information content (AvgIpc) is 2.81. The summed E-state index contributed by atoms with van der Waals surface area (Å²) in [6.07, 6.45) is 2.15. The minimum Gasteiger partial charge on any atom is -0.348 e. The fourth-order valence-corrected chi connectivity index (χ4v) is 3.40. The van der Waals surface area contributed by atoms with E-state index in [0.29, 0.717) is 6.04 Å². The lowest BCUT2D eigenvalue weighted by Crippen LogP contribution is -2.30. The zero-order chi connectivity index (χ0) is 16.2. The third-order valence-corrected chi connectivity index (χ3v) is 4.78. The first-order valence-corrected chi connectivity index (χ1v) is 8.47. The molecule has 3 aromatic rings. The normalized spacial score (nSPS) is 12.1. The van der Waals surface area contributed by atoms with Gasteiger partial charge in [0.05, 0.1) is 0 Å². The fourth-order valence-electron chi connectivity index (χ4n) is 3.40. The van der Waals surface area contributed by atoms with E-state index in [0.717, 1.165) is 19.4 Å². The molecule has 3 heteroatoms. The van der Waals surface area contributed by atoms with Crippen LogP contribution in [0.2, 0.25) is 0 Å². The number of benzene rings is 2. The van der Waals surface area contributed by atoms with Crippen molar-refractivity contribution in [3.8, 4) is 0 Å². The van der Waals surface area contributed by atoms with Crippen LogP contribution in [-0.2, 0) is 19.9 Å². The van der Waals surface area contributed by atoms with Gasteiger partial charge < -0.3 is 9.88 Å². The maximum atomic E-state index is 3.67. The second kappa shape index (κ2) is 8.36. The van der Waals surface area contributed by atoms with Crippen molar-refractivity contribution in [2.45, 2.75) is 32.7 Å².